The topological polar surface area (TPSA) is 55.1 Å². The third kappa shape index (κ3) is 2.99. The fourth-order valence-electron chi connectivity index (χ4n) is 2.00. The van der Waals surface area contributed by atoms with Crippen LogP contribution in [0.4, 0.5) is 15.8 Å². The SMILES string of the molecule is Cc1cc(Br)cc(C)c1NC(=O)c1ccc(N)cc1F. The fraction of sp³-hybridized carbons (Fsp3) is 0.133. The second-order valence-electron chi connectivity index (χ2n) is 4.61. The molecule has 0 fully saturated rings. The minimum absolute atomic E-state index is 0.0269. The third-order valence-electron chi connectivity index (χ3n) is 2.97. The minimum atomic E-state index is -0.630. The number of halogens is 2. The van der Waals surface area contributed by atoms with Crippen LogP contribution >= 0.6 is 15.9 Å². The number of benzene rings is 2. The number of carbonyl (C=O) groups is 1. The van der Waals surface area contributed by atoms with Crippen LogP contribution in [0.5, 0.6) is 0 Å². The number of aryl methyl sites for hydroxylation is 2. The van der Waals surface area contributed by atoms with Crippen LogP contribution in [0.2, 0.25) is 0 Å². The van der Waals surface area contributed by atoms with E-state index >= 15 is 0 Å². The molecule has 0 aromatic heterocycles. The summed E-state index contributed by atoms with van der Waals surface area (Å²) in [7, 11) is 0. The van der Waals surface area contributed by atoms with Crippen molar-refractivity contribution in [1.29, 1.82) is 0 Å². The monoisotopic (exact) mass is 336 g/mol. The normalized spacial score (nSPS) is 10.4. The van der Waals surface area contributed by atoms with Gasteiger partial charge in [0.15, 0.2) is 0 Å². The Morgan fingerprint density at radius 2 is 1.80 bits per heavy atom. The van der Waals surface area contributed by atoms with Crippen molar-refractivity contribution >= 4 is 33.2 Å². The van der Waals surface area contributed by atoms with Gasteiger partial charge in [-0.3, -0.25) is 4.79 Å². The van der Waals surface area contributed by atoms with Gasteiger partial charge in [0.25, 0.3) is 5.91 Å². The Morgan fingerprint density at radius 3 is 2.35 bits per heavy atom. The van der Waals surface area contributed by atoms with Crippen molar-refractivity contribution in [2.24, 2.45) is 0 Å². The maximum atomic E-state index is 13.7. The molecule has 1 amide bonds. The summed E-state index contributed by atoms with van der Waals surface area (Å²) in [5, 5.41) is 2.74. The van der Waals surface area contributed by atoms with Gasteiger partial charge < -0.3 is 11.1 Å². The second kappa shape index (κ2) is 5.63. The Hall–Kier alpha value is -1.88. The highest BCUT2D eigenvalue weighted by Gasteiger charge is 2.14. The summed E-state index contributed by atoms with van der Waals surface area (Å²) in [6, 6.07) is 7.79. The highest BCUT2D eigenvalue weighted by molar-refractivity contribution is 9.10. The molecule has 0 saturated carbocycles. The summed E-state index contributed by atoms with van der Waals surface area (Å²) in [6.07, 6.45) is 0. The van der Waals surface area contributed by atoms with Gasteiger partial charge in [0.2, 0.25) is 0 Å². The summed E-state index contributed by atoms with van der Waals surface area (Å²) < 4.78 is 14.7. The van der Waals surface area contributed by atoms with Crippen molar-refractivity contribution in [3.63, 3.8) is 0 Å². The van der Waals surface area contributed by atoms with Gasteiger partial charge in [0.05, 0.1) is 5.56 Å². The summed E-state index contributed by atoms with van der Waals surface area (Å²) in [4.78, 5) is 12.1. The van der Waals surface area contributed by atoms with E-state index in [1.165, 1.54) is 12.1 Å². The molecule has 20 heavy (non-hydrogen) atoms. The second-order valence-corrected chi connectivity index (χ2v) is 5.52. The molecule has 2 aromatic carbocycles. The zero-order valence-electron chi connectivity index (χ0n) is 11.1. The van der Waals surface area contributed by atoms with Crippen molar-refractivity contribution in [2.45, 2.75) is 13.8 Å². The Balaban J connectivity index is 2.33. The van der Waals surface area contributed by atoms with E-state index in [1.807, 2.05) is 26.0 Å². The highest BCUT2D eigenvalue weighted by Crippen LogP contribution is 2.26. The Morgan fingerprint density at radius 1 is 1.20 bits per heavy atom. The summed E-state index contributed by atoms with van der Waals surface area (Å²) >= 11 is 3.39. The lowest BCUT2D eigenvalue weighted by molar-refractivity contribution is 0.102. The molecule has 0 heterocycles. The van der Waals surface area contributed by atoms with E-state index in [0.717, 1.165) is 21.7 Å². The Bertz CT molecular complexity index is 663. The molecule has 2 rings (SSSR count). The lowest BCUT2D eigenvalue weighted by Crippen LogP contribution is -2.15. The smallest absolute Gasteiger partial charge is 0.258 e. The predicted octanol–water partition coefficient (Wildman–Crippen LogP) is 4.04. The molecule has 0 aliphatic carbocycles. The minimum Gasteiger partial charge on any atom is -0.399 e. The first-order valence-electron chi connectivity index (χ1n) is 6.01. The standard InChI is InChI=1S/C15H14BrFN2O/c1-8-5-10(16)6-9(2)14(8)19-15(20)12-4-3-11(18)7-13(12)17/h3-7H,18H2,1-2H3,(H,19,20). The van der Waals surface area contributed by atoms with E-state index in [2.05, 4.69) is 21.2 Å². The number of nitrogen functional groups attached to an aromatic ring is 1. The maximum Gasteiger partial charge on any atom is 0.258 e. The van der Waals surface area contributed by atoms with Crippen LogP contribution in [-0.4, -0.2) is 5.91 Å². The Labute approximate surface area is 125 Å². The van der Waals surface area contributed by atoms with Crippen LogP contribution in [0.25, 0.3) is 0 Å². The number of nitrogens with one attached hydrogen (secondary N) is 1. The van der Waals surface area contributed by atoms with E-state index in [-0.39, 0.29) is 11.3 Å². The van der Waals surface area contributed by atoms with Gasteiger partial charge >= 0.3 is 0 Å². The van der Waals surface area contributed by atoms with Crippen LogP contribution in [-0.2, 0) is 0 Å². The van der Waals surface area contributed by atoms with Gasteiger partial charge in [-0.05, 0) is 55.3 Å². The molecular weight excluding hydrogens is 323 g/mol. The molecule has 2 aromatic rings. The van der Waals surface area contributed by atoms with E-state index in [9.17, 15) is 9.18 Å². The molecule has 5 heteroatoms. The molecular formula is C15H14BrFN2O. The average molecular weight is 337 g/mol. The number of hydrogen-bond donors (Lipinski definition) is 2. The van der Waals surface area contributed by atoms with Crippen LogP contribution in [0.1, 0.15) is 21.5 Å². The van der Waals surface area contributed by atoms with Gasteiger partial charge in [-0.1, -0.05) is 15.9 Å². The molecule has 0 bridgehead atoms. The summed E-state index contributed by atoms with van der Waals surface area (Å²) in [6.45, 7) is 3.76. The van der Waals surface area contributed by atoms with Crippen molar-refractivity contribution in [3.05, 3.63) is 57.3 Å². The van der Waals surface area contributed by atoms with Crippen LogP contribution < -0.4 is 11.1 Å². The van der Waals surface area contributed by atoms with Crippen LogP contribution in [0.15, 0.2) is 34.8 Å². The fourth-order valence-corrected chi connectivity index (χ4v) is 2.69. The van der Waals surface area contributed by atoms with Crippen molar-refractivity contribution in [2.75, 3.05) is 11.1 Å². The molecule has 0 radical (unpaired) electrons. The quantitative estimate of drug-likeness (QED) is 0.813. The van der Waals surface area contributed by atoms with Crippen molar-refractivity contribution in [3.8, 4) is 0 Å². The van der Waals surface area contributed by atoms with E-state index in [0.29, 0.717) is 5.69 Å². The number of hydrogen-bond acceptors (Lipinski definition) is 2. The average Bonchev–Trinajstić information content (AvgIpc) is 2.33. The molecule has 0 spiro atoms. The number of nitrogens with two attached hydrogens (primary N) is 1. The predicted molar refractivity (Wildman–Crippen MR) is 82.4 cm³/mol. The molecule has 104 valence electrons. The molecule has 3 nitrogen and oxygen atoms in total. The number of carbonyl (C=O) groups excluding carboxylic acids is 1. The summed E-state index contributed by atoms with van der Waals surface area (Å²) in [5.41, 5.74) is 8.23. The third-order valence-corrected chi connectivity index (χ3v) is 3.43. The van der Waals surface area contributed by atoms with Crippen molar-refractivity contribution in [1.82, 2.24) is 0 Å². The zero-order valence-corrected chi connectivity index (χ0v) is 12.7. The zero-order chi connectivity index (χ0) is 14.9. The maximum absolute atomic E-state index is 13.7. The van der Waals surface area contributed by atoms with Crippen molar-refractivity contribution < 1.29 is 9.18 Å². The number of amides is 1. The molecule has 0 aliphatic rings. The molecule has 0 aliphatic heterocycles. The molecule has 0 saturated heterocycles. The lowest BCUT2D eigenvalue weighted by Gasteiger charge is -2.13. The first kappa shape index (κ1) is 14.5. The number of anilines is 2. The van der Waals surface area contributed by atoms with Gasteiger partial charge in [0.1, 0.15) is 5.82 Å². The van der Waals surface area contributed by atoms with Crippen LogP contribution in [0, 0.1) is 19.7 Å². The van der Waals surface area contributed by atoms with E-state index in [1.54, 1.807) is 0 Å². The summed E-state index contributed by atoms with van der Waals surface area (Å²) in [5.74, 6) is -1.12. The number of rotatable bonds is 2. The van der Waals surface area contributed by atoms with Crippen LogP contribution in [0.3, 0.4) is 0 Å². The van der Waals surface area contributed by atoms with Gasteiger partial charge in [0, 0.05) is 15.8 Å². The molecule has 0 unspecified atom stereocenters. The first-order chi connectivity index (χ1) is 9.38. The van der Waals surface area contributed by atoms with Gasteiger partial charge in [-0.25, -0.2) is 4.39 Å². The molecule has 3 N–H and O–H groups in total. The first-order valence-corrected chi connectivity index (χ1v) is 6.81. The largest absolute Gasteiger partial charge is 0.399 e. The van der Waals surface area contributed by atoms with Gasteiger partial charge in [-0.2, -0.15) is 0 Å². The molecule has 0 atom stereocenters. The van der Waals surface area contributed by atoms with Gasteiger partial charge in [-0.15, -0.1) is 0 Å². The lowest BCUT2D eigenvalue weighted by atomic mass is 10.1. The highest BCUT2D eigenvalue weighted by atomic mass is 79.9. The van der Waals surface area contributed by atoms with E-state index < -0.39 is 11.7 Å². The van der Waals surface area contributed by atoms with E-state index in [4.69, 9.17) is 5.73 Å². The Kier molecular flexibility index (Phi) is 4.09.